The lowest BCUT2D eigenvalue weighted by atomic mass is 9.83. The largest absolute Gasteiger partial charge is 0.466 e. The van der Waals surface area contributed by atoms with Crippen molar-refractivity contribution in [2.24, 2.45) is 5.11 Å². The summed E-state index contributed by atoms with van der Waals surface area (Å²) in [6.45, 7) is 1.73. The van der Waals surface area contributed by atoms with E-state index in [9.17, 15) is 4.79 Å². The molecule has 0 fully saturated rings. The van der Waals surface area contributed by atoms with E-state index in [0.29, 0.717) is 30.3 Å². The summed E-state index contributed by atoms with van der Waals surface area (Å²) in [5.41, 5.74) is 19.9. The van der Waals surface area contributed by atoms with Crippen molar-refractivity contribution >= 4 is 28.1 Å². The van der Waals surface area contributed by atoms with Gasteiger partial charge in [-0.15, -0.1) is 11.3 Å². The highest BCUT2D eigenvalue weighted by atomic mass is 32.1. The third-order valence-electron chi connectivity index (χ3n) is 4.89. The molecule has 2 aromatic heterocycles. The Morgan fingerprint density at radius 2 is 2.17 bits per heavy atom. The minimum absolute atomic E-state index is 0.112. The van der Waals surface area contributed by atoms with Crippen LogP contribution in [0, 0.1) is 0 Å². The van der Waals surface area contributed by atoms with Crippen LogP contribution >= 0.6 is 11.3 Å². The Morgan fingerprint density at radius 3 is 2.97 bits per heavy atom. The van der Waals surface area contributed by atoms with Crippen LogP contribution in [0.15, 0.2) is 41.6 Å². The van der Waals surface area contributed by atoms with Crippen molar-refractivity contribution in [3.8, 4) is 22.5 Å². The molecule has 9 heteroatoms. The standard InChI is InChI=1S/C20H18N6O2S/c1-11(27)28-9-7-12-10-15-13(14-4-2-3-5-16(14)25-26-22)6-8-23-17(15)18-19(12)29-20(21)24-18/h2-6,8,12H,7,9-10H2,1H3,(H2,21,24). The van der Waals surface area contributed by atoms with Crippen LogP contribution in [0.1, 0.15) is 29.7 Å². The zero-order valence-electron chi connectivity index (χ0n) is 15.7. The predicted molar refractivity (Wildman–Crippen MR) is 112 cm³/mol. The topological polar surface area (TPSA) is 127 Å². The van der Waals surface area contributed by atoms with Gasteiger partial charge in [-0.2, -0.15) is 0 Å². The number of benzene rings is 1. The van der Waals surface area contributed by atoms with Crippen LogP contribution in [-0.4, -0.2) is 22.5 Å². The summed E-state index contributed by atoms with van der Waals surface area (Å²) in [5, 5.41) is 4.33. The molecule has 29 heavy (non-hydrogen) atoms. The molecule has 0 saturated heterocycles. The van der Waals surface area contributed by atoms with Gasteiger partial charge in [0.15, 0.2) is 5.13 Å². The molecule has 0 saturated carbocycles. The molecule has 1 atom stereocenters. The minimum atomic E-state index is -0.295. The molecule has 0 amide bonds. The number of hydrogen-bond acceptors (Lipinski definition) is 7. The van der Waals surface area contributed by atoms with Gasteiger partial charge in [-0.1, -0.05) is 29.4 Å². The molecule has 0 spiro atoms. The second kappa shape index (κ2) is 7.90. The first kappa shape index (κ1) is 18.9. The summed E-state index contributed by atoms with van der Waals surface area (Å²) in [6, 6.07) is 9.38. The lowest BCUT2D eigenvalue weighted by molar-refractivity contribution is -0.141. The Labute approximate surface area is 171 Å². The van der Waals surface area contributed by atoms with Gasteiger partial charge >= 0.3 is 5.97 Å². The Hall–Kier alpha value is -3.42. The zero-order chi connectivity index (χ0) is 20.4. The van der Waals surface area contributed by atoms with E-state index < -0.39 is 0 Å². The molecule has 2 N–H and O–H groups in total. The van der Waals surface area contributed by atoms with Crippen molar-refractivity contribution in [1.82, 2.24) is 9.97 Å². The van der Waals surface area contributed by atoms with Crippen molar-refractivity contribution in [2.75, 3.05) is 12.3 Å². The van der Waals surface area contributed by atoms with Gasteiger partial charge in [0.2, 0.25) is 0 Å². The van der Waals surface area contributed by atoms with Gasteiger partial charge in [-0.25, -0.2) is 4.98 Å². The second-order valence-corrected chi connectivity index (χ2v) is 7.75. The Balaban J connectivity index is 1.82. The number of aromatic nitrogens is 2. The Kier molecular flexibility index (Phi) is 5.16. The summed E-state index contributed by atoms with van der Waals surface area (Å²) in [6.07, 6.45) is 3.11. The Morgan fingerprint density at radius 1 is 1.34 bits per heavy atom. The molecular weight excluding hydrogens is 388 g/mol. The van der Waals surface area contributed by atoms with Gasteiger partial charge in [-0.3, -0.25) is 9.78 Å². The van der Waals surface area contributed by atoms with Crippen molar-refractivity contribution in [1.29, 1.82) is 0 Å². The van der Waals surface area contributed by atoms with Gasteiger partial charge < -0.3 is 10.5 Å². The number of fused-ring (bicyclic) bond motifs is 3. The summed E-state index contributed by atoms with van der Waals surface area (Å²) >= 11 is 1.45. The third-order valence-corrected chi connectivity index (χ3v) is 5.94. The van der Waals surface area contributed by atoms with Gasteiger partial charge in [0, 0.05) is 34.5 Å². The van der Waals surface area contributed by atoms with E-state index in [1.54, 1.807) is 12.3 Å². The van der Waals surface area contributed by atoms with Gasteiger partial charge in [0.1, 0.15) is 5.69 Å². The van der Waals surface area contributed by atoms with Gasteiger partial charge in [0.05, 0.1) is 12.3 Å². The Bertz CT molecular complexity index is 1140. The smallest absolute Gasteiger partial charge is 0.302 e. The number of azide groups is 1. The number of ether oxygens (including phenoxy) is 1. The van der Waals surface area contributed by atoms with E-state index in [0.717, 1.165) is 33.0 Å². The number of hydrogen-bond donors (Lipinski definition) is 1. The van der Waals surface area contributed by atoms with Crippen LogP contribution in [0.2, 0.25) is 0 Å². The average Bonchev–Trinajstić information content (AvgIpc) is 3.10. The lowest BCUT2D eigenvalue weighted by Gasteiger charge is -2.25. The first-order chi connectivity index (χ1) is 14.1. The van der Waals surface area contributed by atoms with Crippen LogP contribution in [0.25, 0.3) is 33.0 Å². The maximum absolute atomic E-state index is 11.2. The fourth-order valence-corrected chi connectivity index (χ4v) is 4.67. The highest BCUT2D eigenvalue weighted by molar-refractivity contribution is 7.16. The second-order valence-electron chi connectivity index (χ2n) is 6.69. The normalized spacial score (nSPS) is 14.4. The van der Waals surface area contributed by atoms with Crippen molar-refractivity contribution in [3.05, 3.63) is 57.4 Å². The molecule has 146 valence electrons. The first-order valence-electron chi connectivity index (χ1n) is 9.10. The van der Waals surface area contributed by atoms with E-state index >= 15 is 0 Å². The minimum Gasteiger partial charge on any atom is -0.466 e. The molecule has 1 aliphatic carbocycles. The van der Waals surface area contributed by atoms with Crippen molar-refractivity contribution in [2.45, 2.75) is 25.7 Å². The predicted octanol–water partition coefficient (Wildman–Crippen LogP) is 4.99. The van der Waals surface area contributed by atoms with Crippen LogP contribution < -0.4 is 5.73 Å². The van der Waals surface area contributed by atoms with E-state index in [-0.39, 0.29) is 11.9 Å². The number of pyridine rings is 1. The van der Waals surface area contributed by atoms with E-state index in [1.165, 1.54) is 18.3 Å². The summed E-state index contributed by atoms with van der Waals surface area (Å²) in [5.74, 6) is -0.183. The molecule has 1 aromatic carbocycles. The zero-order valence-corrected chi connectivity index (χ0v) is 16.5. The number of carbonyl (C=O) groups excluding carboxylic acids is 1. The van der Waals surface area contributed by atoms with Gasteiger partial charge in [-0.05, 0) is 41.1 Å². The van der Waals surface area contributed by atoms with Crippen molar-refractivity contribution < 1.29 is 9.53 Å². The maximum atomic E-state index is 11.2. The number of thiazole rings is 1. The molecule has 0 radical (unpaired) electrons. The molecule has 4 rings (SSSR count). The quantitative estimate of drug-likeness (QED) is 0.276. The molecule has 1 aliphatic rings. The average molecular weight is 406 g/mol. The van der Waals surface area contributed by atoms with E-state index in [4.69, 9.17) is 16.0 Å². The van der Waals surface area contributed by atoms with Crippen LogP contribution in [-0.2, 0) is 16.0 Å². The highest BCUT2D eigenvalue weighted by Gasteiger charge is 2.31. The molecular formula is C20H18N6O2S. The number of anilines is 1. The monoisotopic (exact) mass is 406 g/mol. The fourth-order valence-electron chi connectivity index (χ4n) is 3.70. The number of rotatable bonds is 5. The fraction of sp³-hybridized carbons (Fsp3) is 0.250. The number of esters is 1. The van der Waals surface area contributed by atoms with Crippen LogP contribution in [0.3, 0.4) is 0 Å². The van der Waals surface area contributed by atoms with Crippen LogP contribution in [0.4, 0.5) is 10.8 Å². The number of nitrogens with zero attached hydrogens (tertiary/aromatic N) is 5. The molecule has 3 aromatic rings. The lowest BCUT2D eigenvalue weighted by Crippen LogP contribution is -2.15. The first-order valence-corrected chi connectivity index (χ1v) is 9.92. The summed E-state index contributed by atoms with van der Waals surface area (Å²) in [4.78, 5) is 24.3. The summed E-state index contributed by atoms with van der Waals surface area (Å²) < 4.78 is 5.16. The number of nitrogens with two attached hydrogens (primary N) is 1. The molecule has 2 heterocycles. The van der Waals surface area contributed by atoms with Crippen molar-refractivity contribution in [3.63, 3.8) is 0 Å². The molecule has 0 bridgehead atoms. The number of carbonyl (C=O) groups is 1. The van der Waals surface area contributed by atoms with E-state index in [2.05, 4.69) is 20.0 Å². The van der Waals surface area contributed by atoms with Crippen LogP contribution in [0.5, 0.6) is 0 Å². The third kappa shape index (κ3) is 3.65. The maximum Gasteiger partial charge on any atom is 0.302 e. The molecule has 1 unspecified atom stereocenters. The summed E-state index contributed by atoms with van der Waals surface area (Å²) in [7, 11) is 0. The SMILES string of the molecule is CC(=O)OCCC1Cc2c(-c3ccccc3N=[N+]=[N-])ccnc2-c2nc(N)sc21. The molecule has 0 aliphatic heterocycles. The molecule has 8 nitrogen and oxygen atoms in total. The number of nitrogen functional groups attached to an aromatic ring is 1. The highest BCUT2D eigenvalue weighted by Crippen LogP contribution is 2.47. The van der Waals surface area contributed by atoms with Gasteiger partial charge in [0.25, 0.3) is 0 Å². The van der Waals surface area contributed by atoms with E-state index in [1.807, 2.05) is 24.3 Å².